The minimum absolute atomic E-state index is 0.249. The number of hydrogen-bond acceptors (Lipinski definition) is 2. The third kappa shape index (κ3) is 3.17. The number of ether oxygens (including phenoxy) is 1. The largest absolute Gasteiger partial charge is 0.496 e. The first-order valence-electron chi connectivity index (χ1n) is 5.60. The molecule has 0 aromatic heterocycles. The summed E-state index contributed by atoms with van der Waals surface area (Å²) in [5.41, 5.74) is 0.943. The van der Waals surface area contributed by atoms with Crippen LogP contribution in [0.3, 0.4) is 0 Å². The Bertz CT molecular complexity index is 649. The summed E-state index contributed by atoms with van der Waals surface area (Å²) in [6.45, 7) is 0. The number of aliphatic hydroxyl groups excluding tert-OH is 1. The molecule has 0 spiro atoms. The highest BCUT2D eigenvalue weighted by Crippen LogP contribution is 2.37. The van der Waals surface area contributed by atoms with Crippen molar-refractivity contribution in [2.24, 2.45) is 0 Å². The highest BCUT2D eigenvalue weighted by molar-refractivity contribution is 9.10. The molecule has 2 aromatic carbocycles. The molecule has 0 saturated heterocycles. The highest BCUT2D eigenvalue weighted by Gasteiger charge is 2.20. The van der Waals surface area contributed by atoms with Crippen molar-refractivity contribution < 1.29 is 14.2 Å². The lowest BCUT2D eigenvalue weighted by Gasteiger charge is -2.17. The highest BCUT2D eigenvalue weighted by atomic mass is 79.9. The van der Waals surface area contributed by atoms with Gasteiger partial charge in [0.25, 0.3) is 0 Å². The van der Waals surface area contributed by atoms with Gasteiger partial charge in [-0.3, -0.25) is 0 Å². The summed E-state index contributed by atoms with van der Waals surface area (Å²) < 4.78 is 19.7. The van der Waals surface area contributed by atoms with Crippen molar-refractivity contribution in [2.45, 2.75) is 6.10 Å². The molecule has 6 heteroatoms. The van der Waals surface area contributed by atoms with Crippen LogP contribution in [0.5, 0.6) is 5.75 Å². The number of rotatable bonds is 3. The van der Waals surface area contributed by atoms with Gasteiger partial charge in [-0.25, -0.2) is 4.39 Å². The van der Waals surface area contributed by atoms with Crippen LogP contribution in [-0.2, 0) is 0 Å². The van der Waals surface area contributed by atoms with Crippen LogP contribution in [0.25, 0.3) is 0 Å². The van der Waals surface area contributed by atoms with E-state index >= 15 is 0 Å². The van der Waals surface area contributed by atoms with Crippen LogP contribution < -0.4 is 4.74 Å². The lowest BCUT2D eigenvalue weighted by atomic mass is 10.0. The Balaban J connectivity index is 2.55. The Hall–Kier alpha value is -0.620. The van der Waals surface area contributed by atoms with Crippen molar-refractivity contribution in [3.05, 3.63) is 61.2 Å². The fourth-order valence-corrected chi connectivity index (χ4v) is 2.79. The zero-order chi connectivity index (χ0) is 14.9. The summed E-state index contributed by atoms with van der Waals surface area (Å²) in [7, 11) is 1.42. The first kappa shape index (κ1) is 15.8. The van der Waals surface area contributed by atoms with E-state index in [1.54, 1.807) is 18.2 Å². The predicted octanol–water partition coefficient (Wildman–Crippen LogP) is 5.09. The maximum absolute atomic E-state index is 13.5. The van der Waals surface area contributed by atoms with Gasteiger partial charge in [0, 0.05) is 26.7 Å². The fourth-order valence-electron chi connectivity index (χ4n) is 1.83. The zero-order valence-corrected chi connectivity index (χ0v) is 14.3. The van der Waals surface area contributed by atoms with Crippen LogP contribution in [0.1, 0.15) is 17.2 Å². The molecule has 2 aromatic rings. The van der Waals surface area contributed by atoms with E-state index in [9.17, 15) is 9.50 Å². The molecule has 106 valence electrons. The summed E-state index contributed by atoms with van der Waals surface area (Å²) in [4.78, 5) is 0. The Morgan fingerprint density at radius 3 is 2.55 bits per heavy atom. The molecule has 0 fully saturated rings. The van der Waals surface area contributed by atoms with Crippen LogP contribution >= 0.6 is 43.5 Å². The van der Waals surface area contributed by atoms with Crippen LogP contribution in [0.2, 0.25) is 5.02 Å². The Kier molecular flexibility index (Phi) is 5.07. The average Bonchev–Trinajstić information content (AvgIpc) is 2.43. The molecule has 2 nitrogen and oxygen atoms in total. The minimum Gasteiger partial charge on any atom is -0.496 e. The van der Waals surface area contributed by atoms with Crippen molar-refractivity contribution in [3.63, 3.8) is 0 Å². The van der Waals surface area contributed by atoms with Gasteiger partial charge in [-0.05, 0) is 40.2 Å². The van der Waals surface area contributed by atoms with Gasteiger partial charge in [-0.15, -0.1) is 0 Å². The summed E-state index contributed by atoms with van der Waals surface area (Å²) >= 11 is 12.5. The van der Waals surface area contributed by atoms with E-state index in [0.717, 1.165) is 4.47 Å². The number of methoxy groups -OCH3 is 1. The van der Waals surface area contributed by atoms with Gasteiger partial charge in [0.1, 0.15) is 17.7 Å². The second-order valence-corrected chi connectivity index (χ2v) is 6.25. The van der Waals surface area contributed by atoms with Gasteiger partial charge in [0.2, 0.25) is 0 Å². The number of hydrogen-bond donors (Lipinski definition) is 1. The second kappa shape index (κ2) is 6.43. The molecule has 0 radical (unpaired) electrons. The molecule has 0 bridgehead atoms. The number of aliphatic hydroxyl groups is 1. The van der Waals surface area contributed by atoms with Crippen molar-refractivity contribution in [3.8, 4) is 5.75 Å². The van der Waals surface area contributed by atoms with Gasteiger partial charge in [-0.2, -0.15) is 0 Å². The van der Waals surface area contributed by atoms with Gasteiger partial charge in [-0.1, -0.05) is 27.5 Å². The second-order valence-electron chi connectivity index (χ2n) is 4.08. The van der Waals surface area contributed by atoms with Crippen molar-refractivity contribution in [1.29, 1.82) is 0 Å². The van der Waals surface area contributed by atoms with Crippen LogP contribution in [-0.4, -0.2) is 12.2 Å². The normalized spacial score (nSPS) is 12.3. The Morgan fingerprint density at radius 2 is 1.90 bits per heavy atom. The molecule has 2 rings (SSSR count). The average molecular weight is 424 g/mol. The molecular weight excluding hydrogens is 414 g/mol. The SMILES string of the molecule is COc1cc(F)c(Br)cc1C(O)c1cc(Br)ccc1Cl. The van der Waals surface area contributed by atoms with Crippen LogP contribution in [0, 0.1) is 5.82 Å². The predicted molar refractivity (Wildman–Crippen MR) is 83.9 cm³/mol. The molecule has 0 aliphatic carbocycles. The van der Waals surface area contributed by atoms with E-state index in [-0.39, 0.29) is 10.2 Å². The quantitative estimate of drug-likeness (QED) is 0.743. The molecule has 20 heavy (non-hydrogen) atoms. The molecule has 0 aliphatic heterocycles. The fraction of sp³-hybridized carbons (Fsp3) is 0.143. The van der Waals surface area contributed by atoms with Crippen LogP contribution in [0.15, 0.2) is 39.3 Å². The summed E-state index contributed by atoms with van der Waals surface area (Å²) in [5.74, 6) is -0.201. The Morgan fingerprint density at radius 1 is 1.20 bits per heavy atom. The molecule has 1 unspecified atom stereocenters. The van der Waals surface area contributed by atoms with E-state index < -0.39 is 11.9 Å². The van der Waals surface area contributed by atoms with E-state index in [4.69, 9.17) is 16.3 Å². The first-order valence-corrected chi connectivity index (χ1v) is 7.56. The Labute approximate surface area is 137 Å². The van der Waals surface area contributed by atoms with Crippen molar-refractivity contribution >= 4 is 43.5 Å². The zero-order valence-electron chi connectivity index (χ0n) is 10.3. The van der Waals surface area contributed by atoms with Crippen molar-refractivity contribution in [2.75, 3.05) is 7.11 Å². The van der Waals surface area contributed by atoms with E-state index in [1.165, 1.54) is 19.2 Å². The van der Waals surface area contributed by atoms with Crippen molar-refractivity contribution in [1.82, 2.24) is 0 Å². The molecule has 1 N–H and O–H groups in total. The molecule has 0 heterocycles. The standard InChI is InChI=1S/C14H10Br2ClFO2/c1-20-13-6-12(18)10(16)5-9(13)14(19)8-4-7(15)2-3-11(8)17/h2-6,14,19H,1H3. The van der Waals surface area contributed by atoms with Crippen LogP contribution in [0.4, 0.5) is 4.39 Å². The van der Waals surface area contributed by atoms with Gasteiger partial charge >= 0.3 is 0 Å². The minimum atomic E-state index is -1.02. The lowest BCUT2D eigenvalue weighted by molar-refractivity contribution is 0.214. The third-order valence-corrected chi connectivity index (χ3v) is 4.27. The molecule has 1 atom stereocenters. The van der Waals surface area contributed by atoms with E-state index in [2.05, 4.69) is 31.9 Å². The topological polar surface area (TPSA) is 29.5 Å². The summed E-state index contributed by atoms with van der Waals surface area (Å²) in [5, 5.41) is 10.9. The maximum atomic E-state index is 13.5. The molecule has 0 amide bonds. The van der Waals surface area contributed by atoms with Gasteiger partial charge < -0.3 is 9.84 Å². The molecule has 0 saturated carbocycles. The van der Waals surface area contributed by atoms with E-state index in [0.29, 0.717) is 16.1 Å². The molecule has 0 aliphatic rings. The smallest absolute Gasteiger partial charge is 0.141 e. The van der Waals surface area contributed by atoms with Gasteiger partial charge in [0.15, 0.2) is 0 Å². The monoisotopic (exact) mass is 422 g/mol. The maximum Gasteiger partial charge on any atom is 0.141 e. The van der Waals surface area contributed by atoms with Gasteiger partial charge in [0.05, 0.1) is 11.6 Å². The first-order chi connectivity index (χ1) is 9.43. The van der Waals surface area contributed by atoms with E-state index in [1.807, 2.05) is 0 Å². The number of halogens is 4. The summed E-state index contributed by atoms with van der Waals surface area (Å²) in [6, 6.07) is 7.86. The summed E-state index contributed by atoms with van der Waals surface area (Å²) in [6.07, 6.45) is -1.02. The number of benzene rings is 2. The molecular formula is C14H10Br2ClFO2. The third-order valence-electron chi connectivity index (χ3n) is 2.82. The lowest BCUT2D eigenvalue weighted by Crippen LogP contribution is -2.04.